The van der Waals surface area contributed by atoms with E-state index in [0.29, 0.717) is 11.4 Å². The molecule has 0 bridgehead atoms. The smallest absolute Gasteiger partial charge is 0.321 e. The van der Waals surface area contributed by atoms with Gasteiger partial charge >= 0.3 is 6.03 Å². The minimum Gasteiger partial charge on any atom is -0.497 e. The predicted octanol–water partition coefficient (Wildman–Crippen LogP) is 2.45. The third-order valence-corrected chi connectivity index (χ3v) is 6.72. The topological polar surface area (TPSA) is 138 Å². The molecule has 12 heteroatoms. The van der Waals surface area contributed by atoms with E-state index in [9.17, 15) is 23.1 Å². The van der Waals surface area contributed by atoms with Gasteiger partial charge in [-0.1, -0.05) is 13.0 Å². The van der Waals surface area contributed by atoms with Crippen LogP contribution in [-0.4, -0.2) is 87.5 Å². The van der Waals surface area contributed by atoms with Crippen LogP contribution in [0.1, 0.15) is 24.2 Å². The first-order chi connectivity index (χ1) is 17.4. The number of para-hydroxylation sites is 1. The van der Waals surface area contributed by atoms with Crippen molar-refractivity contribution >= 4 is 33.3 Å². The summed E-state index contributed by atoms with van der Waals surface area (Å²) < 4.78 is 37.8. The fraction of sp³-hybridized carbons (Fsp3) is 0.440. The first-order valence-electron chi connectivity index (χ1n) is 11.8. The van der Waals surface area contributed by atoms with Gasteiger partial charge in [0, 0.05) is 25.2 Å². The van der Waals surface area contributed by atoms with Crippen LogP contribution in [0.5, 0.6) is 11.5 Å². The minimum absolute atomic E-state index is 0.0774. The Morgan fingerprint density at radius 3 is 2.54 bits per heavy atom. The van der Waals surface area contributed by atoms with E-state index in [1.165, 1.54) is 11.0 Å². The molecular weight excluding hydrogens is 500 g/mol. The van der Waals surface area contributed by atoms with Crippen LogP contribution in [0.2, 0.25) is 0 Å². The maximum absolute atomic E-state index is 13.4. The number of aliphatic hydroxyl groups excluding tert-OH is 1. The third kappa shape index (κ3) is 7.04. The van der Waals surface area contributed by atoms with Crippen molar-refractivity contribution in [1.82, 2.24) is 9.80 Å². The number of carbonyl (C=O) groups excluding carboxylic acids is 2. The zero-order valence-corrected chi connectivity index (χ0v) is 22.4. The van der Waals surface area contributed by atoms with Crippen LogP contribution in [0.3, 0.4) is 0 Å². The highest BCUT2D eigenvalue weighted by molar-refractivity contribution is 7.92. The summed E-state index contributed by atoms with van der Waals surface area (Å²) in [6.45, 7) is 3.77. The lowest BCUT2D eigenvalue weighted by molar-refractivity contribution is 0.0373. The Hall–Kier alpha value is -3.51. The molecule has 2 aromatic carbocycles. The van der Waals surface area contributed by atoms with Crippen molar-refractivity contribution < 1.29 is 32.6 Å². The summed E-state index contributed by atoms with van der Waals surface area (Å²) >= 11 is 0. The number of rotatable bonds is 8. The summed E-state index contributed by atoms with van der Waals surface area (Å²) in [5, 5.41) is 12.6. The van der Waals surface area contributed by atoms with Gasteiger partial charge in [0.2, 0.25) is 10.0 Å². The SMILES string of the molecule is COc1ccc(NC(=O)N(C)C[C@H]2Oc3c(NS(C)(=O)=O)cccc3C(=O)N([C@@H](C)CO)C[C@H]2C)cc1. The number of aliphatic hydroxyl groups is 1. The van der Waals surface area contributed by atoms with Gasteiger partial charge in [-0.2, -0.15) is 0 Å². The van der Waals surface area contributed by atoms with Crippen LogP contribution < -0.4 is 19.5 Å². The monoisotopic (exact) mass is 534 g/mol. The third-order valence-electron chi connectivity index (χ3n) is 6.13. The number of benzene rings is 2. The van der Waals surface area contributed by atoms with Gasteiger partial charge in [0.05, 0.1) is 43.8 Å². The van der Waals surface area contributed by atoms with E-state index in [2.05, 4.69) is 10.0 Å². The quantitative estimate of drug-likeness (QED) is 0.473. The molecule has 3 amide bonds. The number of sulfonamides is 1. The van der Waals surface area contributed by atoms with E-state index in [1.54, 1.807) is 62.4 Å². The molecule has 0 aliphatic carbocycles. The Morgan fingerprint density at radius 2 is 1.95 bits per heavy atom. The van der Waals surface area contributed by atoms with Crippen LogP contribution in [0.4, 0.5) is 16.2 Å². The molecule has 1 aliphatic rings. The number of methoxy groups -OCH3 is 1. The number of nitrogens with one attached hydrogen (secondary N) is 2. The van der Waals surface area contributed by atoms with Gasteiger partial charge in [0.1, 0.15) is 11.9 Å². The zero-order valence-electron chi connectivity index (χ0n) is 21.6. The van der Waals surface area contributed by atoms with Gasteiger partial charge in [0.25, 0.3) is 5.91 Å². The molecule has 1 aliphatic heterocycles. The van der Waals surface area contributed by atoms with Crippen LogP contribution in [0.15, 0.2) is 42.5 Å². The number of amides is 3. The Bertz CT molecular complexity index is 1220. The molecule has 37 heavy (non-hydrogen) atoms. The zero-order chi connectivity index (χ0) is 27.3. The lowest BCUT2D eigenvalue weighted by Crippen LogP contribution is -2.50. The molecule has 0 saturated heterocycles. The number of likely N-dealkylation sites (N-methyl/N-ethyl adjacent to an activating group) is 1. The van der Waals surface area contributed by atoms with E-state index in [0.717, 1.165) is 6.26 Å². The number of hydrogen-bond donors (Lipinski definition) is 3. The van der Waals surface area contributed by atoms with E-state index >= 15 is 0 Å². The highest BCUT2D eigenvalue weighted by atomic mass is 32.2. The van der Waals surface area contributed by atoms with Crippen molar-refractivity contribution in [2.75, 3.05) is 50.1 Å². The van der Waals surface area contributed by atoms with Crippen molar-refractivity contribution in [3.05, 3.63) is 48.0 Å². The standard InChI is InChI=1S/C25H34N4O7S/c1-16-13-29(17(2)15-30)24(31)20-7-6-8-21(27-37(5,33)34)23(20)36-22(16)14-28(3)25(32)26-18-9-11-19(35-4)12-10-18/h6-12,16-17,22,27,30H,13-15H2,1-5H3,(H,26,32)/t16-,17+,22-/m1/s1. The molecule has 0 saturated carbocycles. The van der Waals surface area contributed by atoms with Crippen LogP contribution in [-0.2, 0) is 10.0 Å². The first-order valence-corrected chi connectivity index (χ1v) is 13.7. The van der Waals surface area contributed by atoms with Crippen molar-refractivity contribution in [2.24, 2.45) is 5.92 Å². The molecule has 0 aromatic heterocycles. The van der Waals surface area contributed by atoms with E-state index in [1.807, 2.05) is 6.92 Å². The largest absolute Gasteiger partial charge is 0.497 e. The predicted molar refractivity (Wildman–Crippen MR) is 141 cm³/mol. The van der Waals surface area contributed by atoms with Crippen molar-refractivity contribution in [2.45, 2.75) is 26.0 Å². The Labute approximate surface area is 217 Å². The molecule has 0 fully saturated rings. The van der Waals surface area contributed by atoms with Crippen LogP contribution in [0, 0.1) is 5.92 Å². The summed E-state index contributed by atoms with van der Waals surface area (Å²) in [6.07, 6.45) is 0.406. The summed E-state index contributed by atoms with van der Waals surface area (Å²) in [4.78, 5) is 29.3. The maximum atomic E-state index is 13.4. The molecule has 0 spiro atoms. The fourth-order valence-electron chi connectivity index (χ4n) is 3.99. The van der Waals surface area contributed by atoms with Crippen molar-refractivity contribution in [3.63, 3.8) is 0 Å². The van der Waals surface area contributed by atoms with Crippen molar-refractivity contribution in [3.8, 4) is 11.5 Å². The number of ether oxygens (including phenoxy) is 2. The number of carbonyl (C=O) groups is 2. The van der Waals surface area contributed by atoms with E-state index in [4.69, 9.17) is 9.47 Å². The van der Waals surface area contributed by atoms with Gasteiger partial charge in [-0.25, -0.2) is 13.2 Å². The lowest BCUT2D eigenvalue weighted by atomic mass is 9.99. The molecule has 202 valence electrons. The summed E-state index contributed by atoms with van der Waals surface area (Å²) in [5.74, 6) is 0.0864. The second-order valence-corrected chi connectivity index (χ2v) is 11.0. The molecule has 2 aromatic rings. The van der Waals surface area contributed by atoms with Crippen molar-refractivity contribution in [1.29, 1.82) is 0 Å². The fourth-order valence-corrected chi connectivity index (χ4v) is 4.55. The molecule has 3 N–H and O–H groups in total. The second-order valence-electron chi connectivity index (χ2n) is 9.22. The van der Waals surface area contributed by atoms with Crippen LogP contribution in [0.25, 0.3) is 0 Å². The molecule has 0 unspecified atom stereocenters. The molecule has 3 atom stereocenters. The highest BCUT2D eigenvalue weighted by Gasteiger charge is 2.35. The Morgan fingerprint density at radius 1 is 1.27 bits per heavy atom. The maximum Gasteiger partial charge on any atom is 0.321 e. The molecule has 1 heterocycles. The Kier molecular flexibility index (Phi) is 8.87. The number of nitrogens with zero attached hydrogens (tertiary/aromatic N) is 2. The number of anilines is 2. The van der Waals surface area contributed by atoms with Gasteiger partial charge in [-0.15, -0.1) is 0 Å². The summed E-state index contributed by atoms with van der Waals surface area (Å²) in [6, 6.07) is 10.7. The molecule has 11 nitrogen and oxygen atoms in total. The van der Waals surface area contributed by atoms with Crippen LogP contribution >= 0.6 is 0 Å². The van der Waals surface area contributed by atoms with Gasteiger partial charge in [0.15, 0.2) is 5.75 Å². The highest BCUT2D eigenvalue weighted by Crippen LogP contribution is 2.35. The van der Waals surface area contributed by atoms with Gasteiger partial charge in [-0.05, 0) is 43.3 Å². The normalized spacial score (nSPS) is 18.5. The average Bonchev–Trinajstić information content (AvgIpc) is 2.85. The average molecular weight is 535 g/mol. The first kappa shape index (κ1) is 28.1. The summed E-state index contributed by atoms with van der Waals surface area (Å²) in [7, 11) is -0.492. The molecule has 3 rings (SSSR count). The summed E-state index contributed by atoms with van der Waals surface area (Å²) in [5.41, 5.74) is 0.869. The minimum atomic E-state index is -3.67. The number of urea groups is 1. The second kappa shape index (κ2) is 11.7. The van der Waals surface area contributed by atoms with Gasteiger partial charge < -0.3 is 29.7 Å². The van der Waals surface area contributed by atoms with Gasteiger partial charge in [-0.3, -0.25) is 9.52 Å². The van der Waals surface area contributed by atoms with E-state index < -0.39 is 22.2 Å². The lowest BCUT2D eigenvalue weighted by Gasteiger charge is -2.38. The molecule has 0 radical (unpaired) electrons. The Balaban J connectivity index is 1.91. The van der Waals surface area contributed by atoms with E-state index in [-0.39, 0.29) is 54.6 Å². The molecular formula is C25H34N4O7S. The number of fused-ring (bicyclic) bond motifs is 1. The number of hydrogen-bond acceptors (Lipinski definition) is 7.